The maximum absolute atomic E-state index is 10.8. The second-order valence-electron chi connectivity index (χ2n) is 4.65. The second-order valence-corrected chi connectivity index (χ2v) is 5.06. The van der Waals surface area contributed by atoms with Crippen LogP contribution in [0.25, 0.3) is 22.8 Å². The largest absolute Gasteiger partial charge is 0.334 e. The lowest BCUT2D eigenvalue weighted by Gasteiger charge is -1.98. The Morgan fingerprint density at radius 3 is 2.38 bits per heavy atom. The van der Waals surface area contributed by atoms with Crippen LogP contribution in [-0.4, -0.2) is 20.0 Å². The van der Waals surface area contributed by atoms with Gasteiger partial charge in [-0.3, -0.25) is 20.2 Å². The highest BCUT2D eigenvalue weighted by Crippen LogP contribution is 2.31. The Balaban J connectivity index is 1.98. The van der Waals surface area contributed by atoms with Crippen LogP contribution in [0.15, 0.2) is 47.0 Å². The average Bonchev–Trinajstić information content (AvgIpc) is 3.04. The summed E-state index contributed by atoms with van der Waals surface area (Å²) in [6.45, 7) is 0. The molecule has 10 heteroatoms. The van der Waals surface area contributed by atoms with Gasteiger partial charge in [-0.1, -0.05) is 28.9 Å². The van der Waals surface area contributed by atoms with Crippen LogP contribution in [0.2, 0.25) is 5.02 Å². The topological polar surface area (TPSA) is 125 Å². The minimum absolute atomic E-state index is 0.0522. The van der Waals surface area contributed by atoms with Gasteiger partial charge in [0.15, 0.2) is 0 Å². The van der Waals surface area contributed by atoms with Crippen LogP contribution < -0.4 is 0 Å². The van der Waals surface area contributed by atoms with Gasteiger partial charge in [0.1, 0.15) is 0 Å². The van der Waals surface area contributed by atoms with Crippen molar-refractivity contribution in [3.63, 3.8) is 0 Å². The van der Waals surface area contributed by atoms with Crippen molar-refractivity contribution in [3.8, 4) is 22.8 Å². The van der Waals surface area contributed by atoms with Gasteiger partial charge in [0.25, 0.3) is 17.3 Å². The lowest BCUT2D eigenvalue weighted by molar-refractivity contribution is -0.385. The summed E-state index contributed by atoms with van der Waals surface area (Å²) in [7, 11) is 0. The van der Waals surface area contributed by atoms with Gasteiger partial charge in [-0.15, -0.1) is 0 Å². The number of nitro groups is 2. The van der Waals surface area contributed by atoms with E-state index >= 15 is 0 Å². The number of halogens is 1. The number of rotatable bonds is 4. The first kappa shape index (κ1) is 15.6. The molecule has 0 atom stereocenters. The first-order valence-corrected chi connectivity index (χ1v) is 6.86. The fourth-order valence-electron chi connectivity index (χ4n) is 2.00. The van der Waals surface area contributed by atoms with Crippen LogP contribution >= 0.6 is 11.6 Å². The third-order valence-corrected chi connectivity index (χ3v) is 3.45. The molecule has 0 saturated heterocycles. The fraction of sp³-hybridized carbons (Fsp3) is 0. The quantitative estimate of drug-likeness (QED) is 0.518. The number of benzene rings is 2. The van der Waals surface area contributed by atoms with Gasteiger partial charge in [0.05, 0.1) is 20.4 Å². The lowest BCUT2D eigenvalue weighted by atomic mass is 10.2. The lowest BCUT2D eigenvalue weighted by Crippen LogP contribution is -1.89. The Kier molecular flexibility index (Phi) is 3.92. The molecule has 0 N–H and O–H groups in total. The molecule has 0 bridgehead atoms. The number of hydrogen-bond donors (Lipinski definition) is 0. The fourth-order valence-corrected chi connectivity index (χ4v) is 2.26. The molecule has 0 aliphatic rings. The van der Waals surface area contributed by atoms with Gasteiger partial charge < -0.3 is 4.52 Å². The Hall–Kier alpha value is -3.33. The summed E-state index contributed by atoms with van der Waals surface area (Å²) in [5.74, 6) is 0.194. The number of hydrogen-bond acceptors (Lipinski definition) is 7. The molecule has 3 aromatic rings. The van der Waals surface area contributed by atoms with Crippen LogP contribution in [0.3, 0.4) is 0 Å². The standard InChI is InChI=1S/C14H7ClN4O5/c15-12-7-10(19(22)23)4-5-11(12)14-16-13(17-24-14)8-2-1-3-9(6-8)18(20)21/h1-7H. The van der Waals surface area contributed by atoms with E-state index < -0.39 is 9.85 Å². The van der Waals surface area contributed by atoms with Crippen molar-refractivity contribution < 1.29 is 14.4 Å². The molecular weight excluding hydrogens is 340 g/mol. The smallest absolute Gasteiger partial charge is 0.270 e. The first-order valence-electron chi connectivity index (χ1n) is 6.48. The van der Waals surface area contributed by atoms with Crippen LogP contribution in [0.4, 0.5) is 11.4 Å². The van der Waals surface area contributed by atoms with Crippen molar-refractivity contribution in [1.82, 2.24) is 10.1 Å². The highest BCUT2D eigenvalue weighted by Gasteiger charge is 2.17. The van der Waals surface area contributed by atoms with Crippen molar-refractivity contribution in [1.29, 1.82) is 0 Å². The Labute approximate surface area is 138 Å². The van der Waals surface area contributed by atoms with Crippen LogP contribution in [0, 0.1) is 20.2 Å². The van der Waals surface area contributed by atoms with Gasteiger partial charge >= 0.3 is 0 Å². The predicted molar refractivity (Wildman–Crippen MR) is 83.5 cm³/mol. The summed E-state index contributed by atoms with van der Waals surface area (Å²) in [5, 5.41) is 25.4. The first-order chi connectivity index (χ1) is 11.5. The van der Waals surface area contributed by atoms with E-state index in [9.17, 15) is 20.2 Å². The van der Waals surface area contributed by atoms with Crippen molar-refractivity contribution in [2.75, 3.05) is 0 Å². The Morgan fingerprint density at radius 2 is 1.71 bits per heavy atom. The van der Waals surface area contributed by atoms with E-state index in [1.165, 1.54) is 36.4 Å². The normalized spacial score (nSPS) is 10.5. The van der Waals surface area contributed by atoms with Gasteiger partial charge in [0, 0.05) is 29.8 Å². The Morgan fingerprint density at radius 1 is 1.00 bits per heavy atom. The molecule has 0 spiro atoms. The van der Waals surface area contributed by atoms with E-state index in [1.807, 2.05) is 0 Å². The average molecular weight is 347 g/mol. The Bertz CT molecular complexity index is 956. The molecule has 0 aliphatic carbocycles. The summed E-state index contributed by atoms with van der Waals surface area (Å²) in [5.41, 5.74) is 0.457. The second kappa shape index (κ2) is 6.05. The molecule has 0 saturated carbocycles. The minimum atomic E-state index is -0.571. The summed E-state index contributed by atoms with van der Waals surface area (Å²) in [4.78, 5) is 24.6. The van der Waals surface area contributed by atoms with E-state index in [2.05, 4.69) is 10.1 Å². The van der Waals surface area contributed by atoms with Gasteiger partial charge in [-0.05, 0) is 6.07 Å². The van der Waals surface area contributed by atoms with Crippen molar-refractivity contribution in [2.45, 2.75) is 0 Å². The van der Waals surface area contributed by atoms with E-state index in [0.717, 1.165) is 0 Å². The van der Waals surface area contributed by atoms with E-state index in [-0.39, 0.29) is 28.1 Å². The van der Waals surface area contributed by atoms with Crippen molar-refractivity contribution in [2.24, 2.45) is 0 Å². The highest BCUT2D eigenvalue weighted by atomic mass is 35.5. The third kappa shape index (κ3) is 2.92. The van der Waals surface area contributed by atoms with Crippen LogP contribution in [-0.2, 0) is 0 Å². The molecule has 0 unspecified atom stereocenters. The monoisotopic (exact) mass is 346 g/mol. The molecule has 0 aliphatic heterocycles. The van der Waals surface area contributed by atoms with Crippen molar-refractivity contribution in [3.05, 3.63) is 67.7 Å². The molecule has 3 rings (SSSR count). The zero-order chi connectivity index (χ0) is 17.3. The zero-order valence-electron chi connectivity index (χ0n) is 11.7. The summed E-state index contributed by atoms with van der Waals surface area (Å²) in [6, 6.07) is 9.59. The number of non-ortho nitro benzene ring substituents is 2. The molecule has 1 heterocycles. The molecule has 0 radical (unpaired) electrons. The summed E-state index contributed by atoms with van der Waals surface area (Å²) < 4.78 is 5.10. The maximum atomic E-state index is 10.8. The molecule has 0 fully saturated rings. The van der Waals surface area contributed by atoms with Crippen LogP contribution in [0.1, 0.15) is 0 Å². The zero-order valence-corrected chi connectivity index (χ0v) is 12.5. The van der Waals surface area contributed by atoms with E-state index in [0.29, 0.717) is 11.1 Å². The molecule has 0 amide bonds. The molecular formula is C14H7ClN4O5. The SMILES string of the molecule is O=[N+]([O-])c1cccc(-c2noc(-c3ccc([N+](=O)[O-])cc3Cl)n2)c1. The molecule has 120 valence electrons. The van der Waals surface area contributed by atoms with E-state index in [1.54, 1.807) is 6.07 Å². The number of aromatic nitrogens is 2. The van der Waals surface area contributed by atoms with Gasteiger partial charge in [-0.2, -0.15) is 4.98 Å². The summed E-state index contributed by atoms with van der Waals surface area (Å²) >= 11 is 6.01. The third-order valence-electron chi connectivity index (χ3n) is 3.14. The van der Waals surface area contributed by atoms with Gasteiger partial charge in [0.2, 0.25) is 5.82 Å². The van der Waals surface area contributed by atoms with Crippen molar-refractivity contribution >= 4 is 23.0 Å². The van der Waals surface area contributed by atoms with Gasteiger partial charge in [-0.25, -0.2) is 0 Å². The molecule has 2 aromatic carbocycles. The molecule has 9 nitrogen and oxygen atoms in total. The van der Waals surface area contributed by atoms with Crippen LogP contribution in [0.5, 0.6) is 0 Å². The molecule has 24 heavy (non-hydrogen) atoms. The van der Waals surface area contributed by atoms with E-state index in [4.69, 9.17) is 16.1 Å². The predicted octanol–water partition coefficient (Wildman–Crippen LogP) is 3.87. The maximum Gasteiger partial charge on any atom is 0.270 e. The highest BCUT2D eigenvalue weighted by molar-refractivity contribution is 6.33. The number of nitro benzene ring substituents is 2. The number of nitrogens with zero attached hydrogens (tertiary/aromatic N) is 4. The molecule has 1 aromatic heterocycles. The summed E-state index contributed by atoms with van der Waals surface area (Å²) in [6.07, 6.45) is 0. The minimum Gasteiger partial charge on any atom is -0.334 e.